The summed E-state index contributed by atoms with van der Waals surface area (Å²) in [6, 6.07) is 0. The van der Waals surface area contributed by atoms with E-state index in [0.717, 1.165) is 58.2 Å². The van der Waals surface area contributed by atoms with Crippen LogP contribution in [0.4, 0.5) is 0 Å². The van der Waals surface area contributed by atoms with E-state index in [1.807, 2.05) is 0 Å². The van der Waals surface area contributed by atoms with Gasteiger partial charge in [0.15, 0.2) is 25.0 Å². The van der Waals surface area contributed by atoms with Gasteiger partial charge in [0.2, 0.25) is 0 Å². The fraction of sp³-hybridized carbons (Fsp3) is 0.911. The maximum absolute atomic E-state index is 7.12. The number of fused-ring (bicyclic) bond motifs is 1. The molecule has 0 radical (unpaired) electrons. The zero-order valence-corrected chi connectivity index (χ0v) is 41.0. The SMILES string of the molecule is CCC(CC)(CCCOCC(C)(C)[C@H]1CC[C@H]2/C(=C/C=C3C[C@@H](O[Si](C)(C)C(C)(C)C)C[C@H](O[Si](C)(C)C(C)(C)C)C3)CCC[C@]12C)O[Si](C)(C)C. The summed E-state index contributed by atoms with van der Waals surface area (Å²) < 4.78 is 27.5. The zero-order chi connectivity index (χ0) is 39.6. The molecule has 3 aliphatic rings. The van der Waals surface area contributed by atoms with E-state index in [0.29, 0.717) is 17.3 Å². The third-order valence-electron chi connectivity index (χ3n) is 14.7. The van der Waals surface area contributed by atoms with Crippen LogP contribution in [0.3, 0.4) is 0 Å². The largest absolute Gasteiger partial charge is 0.414 e. The molecule has 3 rings (SSSR count). The predicted molar refractivity (Wildman–Crippen MR) is 234 cm³/mol. The summed E-state index contributed by atoms with van der Waals surface area (Å²) in [6.45, 7) is 44.7. The lowest BCUT2D eigenvalue weighted by molar-refractivity contribution is -0.0285. The molecule has 7 heteroatoms. The zero-order valence-electron chi connectivity index (χ0n) is 38.0. The van der Waals surface area contributed by atoms with E-state index in [1.54, 1.807) is 5.57 Å². The van der Waals surface area contributed by atoms with Crippen LogP contribution in [0.5, 0.6) is 0 Å². The number of hydrogen-bond acceptors (Lipinski definition) is 4. The Bertz CT molecular complexity index is 1170. The minimum absolute atomic E-state index is 0.0185. The maximum atomic E-state index is 7.12. The molecule has 4 nitrogen and oxygen atoms in total. The van der Waals surface area contributed by atoms with Gasteiger partial charge in [-0.25, -0.2) is 0 Å². The molecule has 0 aliphatic heterocycles. The van der Waals surface area contributed by atoms with Crippen LogP contribution in [-0.4, -0.2) is 56.0 Å². The van der Waals surface area contributed by atoms with Crippen molar-refractivity contribution in [2.75, 3.05) is 13.2 Å². The summed E-state index contributed by atoms with van der Waals surface area (Å²) >= 11 is 0. The Morgan fingerprint density at radius 3 is 1.79 bits per heavy atom. The minimum Gasteiger partial charge on any atom is -0.414 e. The van der Waals surface area contributed by atoms with Crippen molar-refractivity contribution in [2.24, 2.45) is 22.7 Å². The van der Waals surface area contributed by atoms with Crippen LogP contribution in [0.2, 0.25) is 55.9 Å². The number of allylic oxidation sites excluding steroid dienone is 3. The molecular weight excluding hydrogens is 689 g/mol. The molecule has 0 spiro atoms. The highest BCUT2D eigenvalue weighted by Crippen LogP contribution is 2.62. The third kappa shape index (κ3) is 11.8. The summed E-state index contributed by atoms with van der Waals surface area (Å²) in [4.78, 5) is 0. The van der Waals surface area contributed by atoms with Crippen molar-refractivity contribution in [1.82, 2.24) is 0 Å². The van der Waals surface area contributed by atoms with Gasteiger partial charge in [-0.15, -0.1) is 0 Å². The Balaban J connectivity index is 1.74. The van der Waals surface area contributed by atoms with Gasteiger partial charge in [0.05, 0.1) is 24.4 Å². The summed E-state index contributed by atoms with van der Waals surface area (Å²) in [6.07, 6.45) is 19.6. The van der Waals surface area contributed by atoms with Gasteiger partial charge < -0.3 is 18.0 Å². The lowest BCUT2D eigenvalue weighted by Crippen LogP contribution is -2.48. The molecule has 0 aromatic carbocycles. The fourth-order valence-corrected chi connectivity index (χ4v) is 14.2. The highest BCUT2D eigenvalue weighted by atomic mass is 28.4. The molecule has 3 fully saturated rings. The first-order valence-corrected chi connectivity index (χ1v) is 30.8. The molecule has 0 aromatic heterocycles. The van der Waals surface area contributed by atoms with E-state index in [9.17, 15) is 0 Å². The second kappa shape index (κ2) is 17.2. The molecule has 5 atom stereocenters. The molecule has 3 saturated carbocycles. The highest BCUT2D eigenvalue weighted by Gasteiger charge is 2.54. The van der Waals surface area contributed by atoms with E-state index in [1.165, 1.54) is 37.7 Å². The number of hydrogen-bond donors (Lipinski definition) is 0. The van der Waals surface area contributed by atoms with Crippen LogP contribution in [-0.2, 0) is 18.0 Å². The highest BCUT2D eigenvalue weighted by molar-refractivity contribution is 6.74. The van der Waals surface area contributed by atoms with Gasteiger partial charge in [-0.2, -0.15) is 0 Å². The normalized spacial score (nSPS) is 28.0. The lowest BCUT2D eigenvalue weighted by Gasteiger charge is -2.48. The first-order valence-electron chi connectivity index (χ1n) is 21.6. The van der Waals surface area contributed by atoms with Crippen molar-refractivity contribution in [3.63, 3.8) is 0 Å². The van der Waals surface area contributed by atoms with Crippen LogP contribution in [0.1, 0.15) is 153 Å². The Kier molecular flexibility index (Phi) is 15.4. The van der Waals surface area contributed by atoms with Gasteiger partial charge in [-0.1, -0.05) is 99.5 Å². The molecule has 0 bridgehead atoms. The molecule has 0 amide bonds. The van der Waals surface area contributed by atoms with Gasteiger partial charge in [0, 0.05) is 6.61 Å². The van der Waals surface area contributed by atoms with Crippen molar-refractivity contribution in [3.8, 4) is 0 Å². The molecule has 0 unspecified atom stereocenters. The second-order valence-electron chi connectivity index (χ2n) is 22.5. The first-order chi connectivity index (χ1) is 23.6. The molecule has 0 saturated heterocycles. The second-order valence-corrected chi connectivity index (χ2v) is 36.4. The molecule has 3 aliphatic carbocycles. The molecule has 304 valence electrons. The topological polar surface area (TPSA) is 36.9 Å². The smallest absolute Gasteiger partial charge is 0.192 e. The standard InChI is InChI=1S/C45H88O4Si3/c1-19-45(20-2,49-50(12,13)14)29-22-30-46-34-43(9,10)40-27-26-39-36(23-21-28-44(39,40)11)25-24-35-31-37(47-51(15,16)41(3,4)5)33-38(32-35)48-52(17,18)42(6,7)8/h24-25,37-40H,19-23,26-34H2,1-18H3/b36-25+/t37-,38-,39+,40-,44+/m1/s1. The Morgan fingerprint density at radius 1 is 0.769 bits per heavy atom. The van der Waals surface area contributed by atoms with Crippen molar-refractivity contribution in [1.29, 1.82) is 0 Å². The third-order valence-corrected chi connectivity index (χ3v) is 24.8. The molecule has 0 aromatic rings. The summed E-state index contributed by atoms with van der Waals surface area (Å²) in [5.41, 5.74) is 3.76. The minimum atomic E-state index is -1.89. The molecule has 0 N–H and O–H groups in total. The Morgan fingerprint density at radius 2 is 1.31 bits per heavy atom. The van der Waals surface area contributed by atoms with Gasteiger partial charge >= 0.3 is 0 Å². The molecule has 0 heterocycles. The Hall–Kier alpha value is -0.0294. The van der Waals surface area contributed by atoms with Gasteiger partial charge in [-0.05, 0) is 156 Å². The van der Waals surface area contributed by atoms with Crippen LogP contribution in [0, 0.1) is 22.7 Å². The molecular formula is C45H88O4Si3. The van der Waals surface area contributed by atoms with Crippen molar-refractivity contribution >= 4 is 25.0 Å². The van der Waals surface area contributed by atoms with E-state index in [-0.39, 0.29) is 33.3 Å². The van der Waals surface area contributed by atoms with E-state index in [2.05, 4.69) is 134 Å². The predicted octanol–water partition coefficient (Wildman–Crippen LogP) is 14.3. The average Bonchev–Trinajstić information content (AvgIpc) is 3.35. The fourth-order valence-electron chi connectivity index (χ4n) is 9.76. The summed E-state index contributed by atoms with van der Waals surface area (Å²) in [5, 5.41) is 0.406. The lowest BCUT2D eigenvalue weighted by atomic mass is 9.58. The quantitative estimate of drug-likeness (QED) is 0.116. The van der Waals surface area contributed by atoms with E-state index < -0.39 is 25.0 Å². The van der Waals surface area contributed by atoms with Crippen molar-refractivity contribution in [2.45, 2.75) is 227 Å². The number of rotatable bonds is 16. The van der Waals surface area contributed by atoms with E-state index >= 15 is 0 Å². The molecule has 52 heavy (non-hydrogen) atoms. The van der Waals surface area contributed by atoms with E-state index in [4.69, 9.17) is 18.0 Å². The average molecular weight is 777 g/mol. The van der Waals surface area contributed by atoms with Crippen LogP contribution in [0.15, 0.2) is 23.3 Å². The summed E-state index contributed by atoms with van der Waals surface area (Å²) in [5.74, 6) is 1.36. The van der Waals surface area contributed by atoms with Crippen LogP contribution in [0.25, 0.3) is 0 Å². The van der Waals surface area contributed by atoms with Gasteiger partial charge in [0.25, 0.3) is 0 Å². The van der Waals surface area contributed by atoms with Crippen LogP contribution >= 0.6 is 0 Å². The van der Waals surface area contributed by atoms with Crippen molar-refractivity contribution < 1.29 is 18.0 Å². The van der Waals surface area contributed by atoms with Crippen LogP contribution < -0.4 is 0 Å². The monoisotopic (exact) mass is 777 g/mol. The van der Waals surface area contributed by atoms with Crippen molar-refractivity contribution in [3.05, 3.63) is 23.3 Å². The van der Waals surface area contributed by atoms with Gasteiger partial charge in [0.1, 0.15) is 0 Å². The van der Waals surface area contributed by atoms with Gasteiger partial charge in [-0.3, -0.25) is 0 Å². The first kappa shape index (κ1) is 46.4. The Labute approximate surface area is 327 Å². The summed E-state index contributed by atoms with van der Waals surface area (Å²) in [7, 11) is -5.38. The maximum Gasteiger partial charge on any atom is 0.192 e. The number of ether oxygens (including phenoxy) is 1.